The van der Waals surface area contributed by atoms with E-state index in [0.717, 1.165) is 0 Å². The van der Waals surface area contributed by atoms with Crippen molar-refractivity contribution in [1.82, 2.24) is 4.57 Å². The maximum absolute atomic E-state index is 2.36. The minimum atomic E-state index is -1.41. The molecule has 0 saturated carbocycles. The quantitative estimate of drug-likeness (QED) is 0.627. The van der Waals surface area contributed by atoms with Crippen molar-refractivity contribution in [3.8, 4) is 0 Å². The molecule has 0 aromatic carbocycles. The highest BCUT2D eigenvalue weighted by atomic mass is 28.3. The molecule has 76 valence electrons. The second-order valence-corrected chi connectivity index (χ2v) is 8.79. The summed E-state index contributed by atoms with van der Waals surface area (Å²) >= 11 is 0. The normalized spacial score (nSPS) is 16.8. The number of hydrogen-bond donors (Lipinski definition) is 0. The summed E-state index contributed by atoms with van der Waals surface area (Å²) in [5.41, 5.74) is 0. The molecule has 0 heterocycles. The Balaban J connectivity index is 2.96. The highest BCUT2D eigenvalue weighted by Crippen LogP contribution is 2.19. The van der Waals surface area contributed by atoms with E-state index in [4.69, 9.17) is 0 Å². The Kier molecular flexibility index (Phi) is 3.67. The van der Waals surface area contributed by atoms with Crippen LogP contribution in [0.15, 0.2) is 47.7 Å². The van der Waals surface area contributed by atoms with E-state index >= 15 is 0 Å². The van der Waals surface area contributed by atoms with E-state index in [-0.39, 0.29) is 0 Å². The first kappa shape index (κ1) is 11.2. The van der Waals surface area contributed by atoms with E-state index in [1.165, 1.54) is 5.20 Å². The fourth-order valence-electron chi connectivity index (χ4n) is 1.23. The minimum absolute atomic E-state index is 1.41. The van der Waals surface area contributed by atoms with E-state index in [1.54, 1.807) is 0 Å². The van der Waals surface area contributed by atoms with Crippen LogP contribution in [0.2, 0.25) is 13.1 Å². The molecule has 1 aliphatic rings. The Bertz CT molecular complexity index is 306. The molecular weight excluding hydrogens is 186 g/mol. The fourth-order valence-corrected chi connectivity index (χ4v) is 2.76. The molecule has 1 nitrogen and oxygen atoms in total. The summed E-state index contributed by atoms with van der Waals surface area (Å²) in [7, 11) is 2.92. The molecule has 0 N–H and O–H groups in total. The summed E-state index contributed by atoms with van der Waals surface area (Å²) in [4.78, 5) is 0. The van der Waals surface area contributed by atoms with E-state index in [2.05, 4.69) is 68.2 Å². The van der Waals surface area contributed by atoms with Gasteiger partial charge in [-0.05, 0) is 19.3 Å². The zero-order valence-corrected chi connectivity index (χ0v) is 10.5. The Labute approximate surface area is 88.2 Å². The monoisotopic (exact) mass is 205 g/mol. The van der Waals surface area contributed by atoms with Gasteiger partial charge in [0, 0.05) is 0 Å². The standard InChI is InChI=1S/C12H19NSi/c1-13(2)14(3,4)12-10-8-6-5-7-9-11-12/h5-11H,1-4H3. The van der Waals surface area contributed by atoms with Gasteiger partial charge in [0.05, 0.1) is 0 Å². The van der Waals surface area contributed by atoms with Gasteiger partial charge < -0.3 is 4.57 Å². The zero-order chi connectivity index (χ0) is 10.6. The molecule has 14 heavy (non-hydrogen) atoms. The molecule has 0 atom stereocenters. The van der Waals surface area contributed by atoms with Gasteiger partial charge >= 0.3 is 0 Å². The van der Waals surface area contributed by atoms with Crippen LogP contribution in [0.3, 0.4) is 0 Å². The smallest absolute Gasteiger partial charge is 0.153 e. The molecule has 0 unspecified atom stereocenters. The van der Waals surface area contributed by atoms with E-state index in [9.17, 15) is 0 Å². The number of nitrogens with zero attached hydrogens (tertiary/aromatic N) is 1. The van der Waals surface area contributed by atoms with Gasteiger partial charge in [0.25, 0.3) is 0 Å². The molecule has 0 bridgehead atoms. The number of hydrogen-bond acceptors (Lipinski definition) is 1. The van der Waals surface area contributed by atoms with Crippen molar-refractivity contribution in [2.45, 2.75) is 13.1 Å². The highest BCUT2D eigenvalue weighted by Gasteiger charge is 2.26. The SMILES string of the molecule is CN(C)[Si](C)(C)C1=CC=CC=CC=C1. The van der Waals surface area contributed by atoms with E-state index < -0.39 is 8.24 Å². The van der Waals surface area contributed by atoms with Crippen molar-refractivity contribution in [1.29, 1.82) is 0 Å². The minimum Gasteiger partial charge on any atom is -0.326 e. The molecule has 0 amide bonds. The summed E-state index contributed by atoms with van der Waals surface area (Å²) in [5, 5.41) is 1.46. The van der Waals surface area contributed by atoms with E-state index in [0.29, 0.717) is 0 Å². The third kappa shape index (κ3) is 2.56. The van der Waals surface area contributed by atoms with Crippen molar-refractivity contribution < 1.29 is 0 Å². The van der Waals surface area contributed by atoms with Gasteiger partial charge in [0.15, 0.2) is 8.24 Å². The summed E-state index contributed by atoms with van der Waals surface area (Å²) < 4.78 is 2.36. The van der Waals surface area contributed by atoms with Gasteiger partial charge in [0.1, 0.15) is 0 Å². The van der Waals surface area contributed by atoms with Crippen molar-refractivity contribution in [2.24, 2.45) is 0 Å². The molecular formula is C12H19NSi. The average molecular weight is 205 g/mol. The first-order valence-corrected chi connectivity index (χ1v) is 7.89. The van der Waals surface area contributed by atoms with Crippen LogP contribution in [0.5, 0.6) is 0 Å². The first-order chi connectivity index (χ1) is 6.55. The van der Waals surface area contributed by atoms with Gasteiger partial charge in [-0.25, -0.2) is 0 Å². The lowest BCUT2D eigenvalue weighted by molar-refractivity contribution is 0.630. The van der Waals surface area contributed by atoms with Gasteiger partial charge in [-0.2, -0.15) is 0 Å². The molecule has 1 aliphatic carbocycles. The third-order valence-electron chi connectivity index (χ3n) is 2.82. The zero-order valence-electron chi connectivity index (χ0n) is 9.49. The van der Waals surface area contributed by atoms with Crippen molar-refractivity contribution in [2.75, 3.05) is 14.1 Å². The molecule has 0 aromatic heterocycles. The highest BCUT2D eigenvalue weighted by molar-refractivity contribution is 6.82. The second kappa shape index (κ2) is 4.58. The van der Waals surface area contributed by atoms with Crippen LogP contribution in [0, 0.1) is 0 Å². The third-order valence-corrected chi connectivity index (χ3v) is 6.80. The predicted octanol–water partition coefficient (Wildman–Crippen LogP) is 2.90. The largest absolute Gasteiger partial charge is 0.326 e. The lowest BCUT2D eigenvalue weighted by Gasteiger charge is -2.31. The van der Waals surface area contributed by atoms with Crippen LogP contribution in [0.1, 0.15) is 0 Å². The Morgan fingerprint density at radius 3 is 2.14 bits per heavy atom. The Morgan fingerprint density at radius 2 is 1.50 bits per heavy atom. The maximum Gasteiger partial charge on any atom is 0.153 e. The molecule has 0 spiro atoms. The van der Waals surface area contributed by atoms with Crippen LogP contribution in [-0.2, 0) is 0 Å². The summed E-state index contributed by atoms with van der Waals surface area (Å²) in [6.07, 6.45) is 14.9. The van der Waals surface area contributed by atoms with Crippen LogP contribution in [0.25, 0.3) is 0 Å². The van der Waals surface area contributed by atoms with Crippen molar-refractivity contribution >= 4 is 8.24 Å². The van der Waals surface area contributed by atoms with Crippen LogP contribution in [0.4, 0.5) is 0 Å². The molecule has 2 heteroatoms. The molecule has 1 rings (SSSR count). The molecule has 0 aromatic rings. The second-order valence-electron chi connectivity index (χ2n) is 4.20. The summed E-state index contributed by atoms with van der Waals surface area (Å²) in [6, 6.07) is 0. The lowest BCUT2D eigenvalue weighted by atomic mass is 10.3. The molecule has 0 saturated heterocycles. The van der Waals surface area contributed by atoms with Crippen LogP contribution < -0.4 is 0 Å². The number of rotatable bonds is 2. The molecule has 0 fully saturated rings. The molecule has 0 aliphatic heterocycles. The Hall–Kier alpha value is -0.863. The first-order valence-electron chi connectivity index (χ1n) is 4.95. The average Bonchev–Trinajstić information content (AvgIpc) is 2.01. The maximum atomic E-state index is 2.36. The number of allylic oxidation sites excluding steroid dienone is 8. The lowest BCUT2D eigenvalue weighted by Crippen LogP contribution is -2.45. The topological polar surface area (TPSA) is 3.24 Å². The molecule has 0 radical (unpaired) electrons. The summed E-state index contributed by atoms with van der Waals surface area (Å²) in [6.45, 7) is 4.73. The predicted molar refractivity (Wildman–Crippen MR) is 66.7 cm³/mol. The van der Waals surface area contributed by atoms with Gasteiger partial charge in [-0.3, -0.25) is 0 Å². The van der Waals surface area contributed by atoms with Gasteiger partial charge in [-0.1, -0.05) is 55.6 Å². The Morgan fingerprint density at radius 1 is 0.929 bits per heavy atom. The van der Waals surface area contributed by atoms with Crippen molar-refractivity contribution in [3.05, 3.63) is 47.7 Å². The van der Waals surface area contributed by atoms with Crippen LogP contribution in [-0.4, -0.2) is 26.9 Å². The van der Waals surface area contributed by atoms with Crippen LogP contribution >= 0.6 is 0 Å². The fraction of sp³-hybridized carbons (Fsp3) is 0.333. The summed E-state index contributed by atoms with van der Waals surface area (Å²) in [5.74, 6) is 0. The van der Waals surface area contributed by atoms with Crippen molar-refractivity contribution in [3.63, 3.8) is 0 Å². The van der Waals surface area contributed by atoms with Gasteiger partial charge in [0.2, 0.25) is 0 Å². The van der Waals surface area contributed by atoms with E-state index in [1.807, 2.05) is 6.08 Å². The van der Waals surface area contributed by atoms with Gasteiger partial charge in [-0.15, -0.1) is 0 Å².